The zero-order chi connectivity index (χ0) is 30.6. The number of hydrogen-bond acceptors (Lipinski definition) is 8. The number of nitrogens with one attached hydrogen (secondary N) is 1. The first-order chi connectivity index (χ1) is 20.0. The molecular weight excluding hydrogens is 554 g/mol. The molecule has 0 aliphatic carbocycles. The Morgan fingerprint density at radius 1 is 0.833 bits per heavy atom. The SMILES string of the molecule is COc1cccc(OC)c1C(=O)Nc1ccc(C(=O)N2c3ccccc3C(OC(C)=O)C(F)(F)CC2OC(C)=O)cc1. The molecule has 2 amide bonds. The monoisotopic (exact) mass is 582 g/mol. The number of rotatable bonds is 7. The molecule has 2 unspecified atom stereocenters. The molecule has 0 spiro atoms. The molecule has 0 aromatic heterocycles. The molecule has 12 heteroatoms. The van der Waals surface area contributed by atoms with Crippen LogP contribution in [0.5, 0.6) is 11.5 Å². The molecule has 0 saturated carbocycles. The van der Waals surface area contributed by atoms with Crippen molar-refractivity contribution >= 4 is 35.1 Å². The normalized spacial score (nSPS) is 17.2. The molecule has 10 nitrogen and oxygen atoms in total. The summed E-state index contributed by atoms with van der Waals surface area (Å²) in [6.07, 6.45) is -4.87. The lowest BCUT2D eigenvalue weighted by Crippen LogP contribution is -2.45. The van der Waals surface area contributed by atoms with Crippen LogP contribution in [0.15, 0.2) is 66.7 Å². The van der Waals surface area contributed by atoms with Crippen molar-refractivity contribution in [2.45, 2.75) is 38.5 Å². The van der Waals surface area contributed by atoms with Crippen LogP contribution in [0.4, 0.5) is 20.2 Å². The van der Waals surface area contributed by atoms with Gasteiger partial charge in [-0.1, -0.05) is 24.3 Å². The molecule has 0 radical (unpaired) electrons. The van der Waals surface area contributed by atoms with Crippen molar-refractivity contribution in [3.05, 3.63) is 83.4 Å². The Morgan fingerprint density at radius 3 is 2.00 bits per heavy atom. The number of halogens is 2. The number of ether oxygens (including phenoxy) is 4. The van der Waals surface area contributed by atoms with Gasteiger partial charge in [0, 0.05) is 30.7 Å². The van der Waals surface area contributed by atoms with Gasteiger partial charge in [-0.25, -0.2) is 8.78 Å². The maximum absolute atomic E-state index is 15.5. The molecule has 1 aliphatic heterocycles. The van der Waals surface area contributed by atoms with Gasteiger partial charge in [-0.3, -0.25) is 24.1 Å². The quantitative estimate of drug-likeness (QED) is 0.381. The molecule has 220 valence electrons. The number of carbonyl (C=O) groups excluding carboxylic acids is 4. The molecule has 3 aromatic rings. The summed E-state index contributed by atoms with van der Waals surface area (Å²) >= 11 is 0. The van der Waals surface area contributed by atoms with E-state index in [-0.39, 0.29) is 22.4 Å². The van der Waals surface area contributed by atoms with Crippen LogP contribution in [-0.2, 0) is 19.1 Å². The molecule has 0 bridgehead atoms. The summed E-state index contributed by atoms with van der Waals surface area (Å²) in [5, 5.41) is 2.71. The average molecular weight is 583 g/mol. The van der Waals surface area contributed by atoms with Crippen LogP contribution in [0.2, 0.25) is 0 Å². The summed E-state index contributed by atoms with van der Waals surface area (Å²) in [5.74, 6) is -6.23. The summed E-state index contributed by atoms with van der Waals surface area (Å²) in [6.45, 7) is 2.04. The Kier molecular flexibility index (Phi) is 8.74. The second-order valence-electron chi connectivity index (χ2n) is 9.32. The molecule has 0 saturated heterocycles. The van der Waals surface area contributed by atoms with Gasteiger partial charge in [0.2, 0.25) is 0 Å². The lowest BCUT2D eigenvalue weighted by molar-refractivity contribution is -0.181. The van der Waals surface area contributed by atoms with Crippen LogP contribution >= 0.6 is 0 Å². The van der Waals surface area contributed by atoms with E-state index in [0.717, 1.165) is 18.7 Å². The number of anilines is 2. The third-order valence-electron chi connectivity index (χ3n) is 6.45. The van der Waals surface area contributed by atoms with Crippen molar-refractivity contribution in [1.82, 2.24) is 0 Å². The Balaban J connectivity index is 1.69. The van der Waals surface area contributed by atoms with Crippen LogP contribution < -0.4 is 19.7 Å². The Hall–Kier alpha value is -5.00. The number of fused-ring (bicyclic) bond motifs is 1. The van der Waals surface area contributed by atoms with E-state index in [2.05, 4.69) is 5.32 Å². The maximum atomic E-state index is 15.5. The van der Waals surface area contributed by atoms with E-state index in [4.69, 9.17) is 18.9 Å². The summed E-state index contributed by atoms with van der Waals surface area (Å²) in [6, 6.07) is 16.3. The van der Waals surface area contributed by atoms with Crippen LogP contribution in [0.3, 0.4) is 0 Å². The average Bonchev–Trinajstić information content (AvgIpc) is 3.03. The Bertz CT molecular complexity index is 1490. The van der Waals surface area contributed by atoms with Crippen molar-refractivity contribution in [2.75, 3.05) is 24.4 Å². The highest BCUT2D eigenvalue weighted by Gasteiger charge is 2.52. The number of methoxy groups -OCH3 is 2. The molecule has 42 heavy (non-hydrogen) atoms. The number of carbonyl (C=O) groups is 4. The van der Waals surface area contributed by atoms with Gasteiger partial charge in [-0.15, -0.1) is 0 Å². The van der Waals surface area contributed by atoms with Gasteiger partial charge in [0.25, 0.3) is 17.7 Å². The minimum atomic E-state index is -3.69. The number of para-hydroxylation sites is 1. The van der Waals surface area contributed by atoms with Crippen LogP contribution in [0.1, 0.15) is 52.7 Å². The Morgan fingerprint density at radius 2 is 1.43 bits per heavy atom. The minimum Gasteiger partial charge on any atom is -0.496 e. The van der Waals surface area contributed by atoms with E-state index >= 15 is 8.78 Å². The number of esters is 2. The molecule has 2 atom stereocenters. The highest BCUT2D eigenvalue weighted by atomic mass is 19.3. The predicted octanol–water partition coefficient (Wildman–Crippen LogP) is 5.14. The molecule has 4 rings (SSSR count). The number of amides is 2. The molecule has 0 fully saturated rings. The number of alkyl halides is 2. The van der Waals surface area contributed by atoms with Crippen molar-refractivity contribution in [3.8, 4) is 11.5 Å². The fourth-order valence-electron chi connectivity index (χ4n) is 4.69. The highest BCUT2D eigenvalue weighted by Crippen LogP contribution is 2.47. The standard InChI is InChI=1S/C30H28F2N2O8/c1-17(35)41-25-16-30(31,32)27(42-18(2)36)21-8-5-6-9-22(21)34(25)29(38)19-12-14-20(15-13-19)33-28(37)26-23(39-3)10-7-11-24(26)40-4/h5-15,25,27H,16H2,1-4H3,(H,33,37). The first-order valence-corrected chi connectivity index (χ1v) is 12.7. The van der Waals surface area contributed by atoms with E-state index in [1.54, 1.807) is 18.2 Å². The zero-order valence-electron chi connectivity index (χ0n) is 23.2. The van der Waals surface area contributed by atoms with Gasteiger partial charge in [0.15, 0.2) is 12.3 Å². The lowest BCUT2D eigenvalue weighted by Gasteiger charge is -2.31. The Labute approximate surface area is 240 Å². The lowest BCUT2D eigenvalue weighted by atomic mass is 10.0. The minimum absolute atomic E-state index is 0.0159. The van der Waals surface area contributed by atoms with E-state index in [1.807, 2.05) is 0 Å². The van der Waals surface area contributed by atoms with Gasteiger partial charge < -0.3 is 24.3 Å². The molecule has 1 N–H and O–H groups in total. The summed E-state index contributed by atoms with van der Waals surface area (Å²) in [7, 11) is 2.83. The fourth-order valence-corrected chi connectivity index (χ4v) is 4.69. The van der Waals surface area contributed by atoms with Gasteiger partial charge >= 0.3 is 11.9 Å². The largest absolute Gasteiger partial charge is 0.496 e. The van der Waals surface area contributed by atoms with E-state index < -0.39 is 48.4 Å². The van der Waals surface area contributed by atoms with Crippen molar-refractivity contribution in [3.63, 3.8) is 0 Å². The smallest absolute Gasteiger partial charge is 0.304 e. The number of benzene rings is 3. The first-order valence-electron chi connectivity index (χ1n) is 12.7. The van der Waals surface area contributed by atoms with Crippen LogP contribution in [-0.4, -0.2) is 50.1 Å². The van der Waals surface area contributed by atoms with Gasteiger partial charge in [0.05, 0.1) is 26.3 Å². The summed E-state index contributed by atoms with van der Waals surface area (Å²) in [4.78, 5) is 51.4. The van der Waals surface area contributed by atoms with E-state index in [1.165, 1.54) is 62.8 Å². The third kappa shape index (κ3) is 6.17. The summed E-state index contributed by atoms with van der Waals surface area (Å²) < 4.78 is 51.7. The van der Waals surface area contributed by atoms with Crippen molar-refractivity contribution < 1.29 is 46.9 Å². The number of nitrogens with zero attached hydrogens (tertiary/aromatic N) is 1. The van der Waals surface area contributed by atoms with E-state index in [9.17, 15) is 19.2 Å². The number of hydrogen-bond donors (Lipinski definition) is 1. The maximum Gasteiger partial charge on any atom is 0.304 e. The fraction of sp³-hybridized carbons (Fsp3) is 0.267. The highest BCUT2D eigenvalue weighted by molar-refractivity contribution is 6.09. The van der Waals surface area contributed by atoms with E-state index in [0.29, 0.717) is 17.2 Å². The molecule has 3 aromatic carbocycles. The van der Waals surface area contributed by atoms with Gasteiger partial charge in [-0.05, 0) is 42.5 Å². The molecule has 1 heterocycles. The second-order valence-corrected chi connectivity index (χ2v) is 9.32. The molecule has 1 aliphatic rings. The predicted molar refractivity (Wildman–Crippen MR) is 147 cm³/mol. The third-order valence-corrected chi connectivity index (χ3v) is 6.45. The van der Waals surface area contributed by atoms with Crippen molar-refractivity contribution in [2.24, 2.45) is 0 Å². The summed E-state index contributed by atoms with van der Waals surface area (Å²) in [5.41, 5.74) is 0.382. The topological polar surface area (TPSA) is 120 Å². The van der Waals surface area contributed by atoms with Gasteiger partial charge in [-0.2, -0.15) is 0 Å². The van der Waals surface area contributed by atoms with Crippen molar-refractivity contribution in [1.29, 1.82) is 0 Å². The van der Waals surface area contributed by atoms with Crippen LogP contribution in [0, 0.1) is 0 Å². The molecular formula is C30H28F2N2O8. The van der Waals surface area contributed by atoms with Gasteiger partial charge in [0.1, 0.15) is 17.1 Å². The first kappa shape index (κ1) is 30.0. The second kappa shape index (κ2) is 12.2. The zero-order valence-corrected chi connectivity index (χ0v) is 23.2. The van der Waals surface area contributed by atoms with Crippen LogP contribution in [0.25, 0.3) is 0 Å².